The van der Waals surface area contributed by atoms with Gasteiger partial charge in [-0.15, -0.1) is 0 Å². The molecule has 0 amide bonds. The molecule has 0 fully saturated rings. The summed E-state index contributed by atoms with van der Waals surface area (Å²) in [6.07, 6.45) is 3.26. The molecule has 6 nitrogen and oxygen atoms in total. The lowest BCUT2D eigenvalue weighted by Gasteiger charge is -2.06. The van der Waals surface area contributed by atoms with Crippen LogP contribution in [0.1, 0.15) is 0 Å². The molecule has 0 unspecified atom stereocenters. The Bertz CT molecular complexity index is 787. The Balaban J connectivity index is 2.36. The summed E-state index contributed by atoms with van der Waals surface area (Å²) < 4.78 is 0. The molecule has 1 N–H and O–H groups in total. The van der Waals surface area contributed by atoms with E-state index >= 15 is 0 Å². The van der Waals surface area contributed by atoms with Gasteiger partial charge < -0.3 is 5.32 Å². The van der Waals surface area contributed by atoms with Crippen LogP contribution < -0.4 is 5.32 Å². The Morgan fingerprint density at radius 2 is 1.67 bits per heavy atom. The second-order valence-corrected chi connectivity index (χ2v) is 3.86. The average molecular weight is 272 g/mol. The molecule has 0 bridgehead atoms. The van der Waals surface area contributed by atoms with E-state index in [-0.39, 0.29) is 11.3 Å². The molecule has 0 saturated heterocycles. The number of nitrogens with one attached hydrogen (secondary N) is 1. The van der Waals surface area contributed by atoms with Gasteiger partial charge in [0.1, 0.15) is 23.9 Å². The molecule has 0 aliphatic carbocycles. The van der Waals surface area contributed by atoms with Crippen molar-refractivity contribution in [2.24, 2.45) is 0 Å². The van der Waals surface area contributed by atoms with Gasteiger partial charge in [0.25, 0.3) is 0 Å². The fourth-order valence-corrected chi connectivity index (χ4v) is 1.61. The van der Waals surface area contributed by atoms with E-state index in [4.69, 9.17) is 15.8 Å². The van der Waals surface area contributed by atoms with Gasteiger partial charge in [0, 0.05) is 23.6 Å². The first kappa shape index (κ1) is 13.7. The molecule has 2 rings (SSSR count). The van der Waals surface area contributed by atoms with Gasteiger partial charge in [-0.05, 0) is 18.2 Å². The molecule has 0 radical (unpaired) electrons. The Morgan fingerprint density at radius 3 is 2.29 bits per heavy atom. The van der Waals surface area contributed by atoms with Crippen molar-refractivity contribution in [3.63, 3.8) is 0 Å². The highest BCUT2D eigenvalue weighted by molar-refractivity contribution is 5.65. The van der Waals surface area contributed by atoms with Crippen LogP contribution in [0.15, 0.2) is 54.0 Å². The van der Waals surface area contributed by atoms with Gasteiger partial charge >= 0.3 is 0 Å². The topological polar surface area (TPSA) is 109 Å². The zero-order chi connectivity index (χ0) is 15.1. The smallest absolute Gasteiger partial charge is 0.163 e. The maximum Gasteiger partial charge on any atom is 0.163 e. The number of hydrogen-bond donors (Lipinski definition) is 1. The molecule has 21 heavy (non-hydrogen) atoms. The predicted molar refractivity (Wildman–Crippen MR) is 75.0 cm³/mol. The lowest BCUT2D eigenvalue weighted by molar-refractivity contribution is 1.18. The monoisotopic (exact) mass is 272 g/mol. The zero-order valence-corrected chi connectivity index (χ0v) is 10.8. The summed E-state index contributed by atoms with van der Waals surface area (Å²) in [4.78, 5) is 8.27. The number of allylic oxidation sites excluding steroid dienone is 2. The Labute approximate surface area is 121 Å². The summed E-state index contributed by atoms with van der Waals surface area (Å²) in [5.74, 6) is 0.546. The molecule has 6 heteroatoms. The maximum absolute atomic E-state index is 9.01. The minimum absolute atomic E-state index is 0.0915. The van der Waals surface area contributed by atoms with Gasteiger partial charge in [-0.1, -0.05) is 12.1 Å². The van der Waals surface area contributed by atoms with Crippen molar-refractivity contribution in [2.45, 2.75) is 0 Å². The summed E-state index contributed by atoms with van der Waals surface area (Å²) in [6, 6.07) is 13.9. The first-order chi connectivity index (χ1) is 10.3. The van der Waals surface area contributed by atoms with Crippen LogP contribution in [0.2, 0.25) is 0 Å². The fourth-order valence-electron chi connectivity index (χ4n) is 1.61. The van der Waals surface area contributed by atoms with Crippen LogP contribution in [0.5, 0.6) is 0 Å². The van der Waals surface area contributed by atoms with E-state index < -0.39 is 0 Å². The van der Waals surface area contributed by atoms with Crippen LogP contribution in [0.25, 0.3) is 11.4 Å². The van der Waals surface area contributed by atoms with Gasteiger partial charge in [0.2, 0.25) is 0 Å². The number of aromatic nitrogens is 2. The highest BCUT2D eigenvalue weighted by Gasteiger charge is 2.07. The lowest BCUT2D eigenvalue weighted by Crippen LogP contribution is -2.00. The zero-order valence-electron chi connectivity index (χ0n) is 10.8. The molecule has 1 heterocycles. The van der Waals surface area contributed by atoms with Crippen LogP contribution >= 0.6 is 0 Å². The maximum atomic E-state index is 9.01. The molecular formula is C15H8N6. The highest BCUT2D eigenvalue weighted by Crippen LogP contribution is 2.20. The average Bonchev–Trinajstić information content (AvgIpc) is 2.56. The van der Waals surface area contributed by atoms with Gasteiger partial charge in [-0.2, -0.15) is 15.8 Å². The minimum Gasteiger partial charge on any atom is -0.345 e. The second kappa shape index (κ2) is 6.47. The highest BCUT2D eigenvalue weighted by atomic mass is 14.9. The van der Waals surface area contributed by atoms with Crippen molar-refractivity contribution in [3.8, 4) is 29.6 Å². The number of benzene rings is 1. The van der Waals surface area contributed by atoms with E-state index in [0.29, 0.717) is 11.5 Å². The molecule has 1 aromatic heterocycles. The molecule has 0 saturated carbocycles. The molecular weight excluding hydrogens is 264 g/mol. The van der Waals surface area contributed by atoms with Gasteiger partial charge in [0.05, 0.1) is 0 Å². The van der Waals surface area contributed by atoms with Crippen molar-refractivity contribution in [3.05, 3.63) is 54.0 Å². The van der Waals surface area contributed by atoms with Crippen molar-refractivity contribution in [1.29, 1.82) is 15.8 Å². The summed E-state index contributed by atoms with van der Waals surface area (Å²) in [5, 5.41) is 29.4. The number of nitriles is 3. The quantitative estimate of drug-likeness (QED) is 0.859. The largest absolute Gasteiger partial charge is 0.345 e. The molecule has 0 aliphatic rings. The predicted octanol–water partition coefficient (Wildman–Crippen LogP) is 2.38. The molecule has 0 atom stereocenters. The Kier molecular flexibility index (Phi) is 4.23. The summed E-state index contributed by atoms with van der Waals surface area (Å²) in [7, 11) is 0. The molecule has 0 spiro atoms. The van der Waals surface area contributed by atoms with Crippen molar-refractivity contribution >= 4 is 5.69 Å². The van der Waals surface area contributed by atoms with E-state index in [1.165, 1.54) is 0 Å². The third-order valence-corrected chi connectivity index (χ3v) is 2.54. The van der Waals surface area contributed by atoms with E-state index in [1.54, 1.807) is 54.9 Å². The molecule has 0 aliphatic heterocycles. The van der Waals surface area contributed by atoms with Crippen LogP contribution in [0.4, 0.5) is 5.69 Å². The van der Waals surface area contributed by atoms with Gasteiger partial charge in [-0.3, -0.25) is 0 Å². The van der Waals surface area contributed by atoms with E-state index in [2.05, 4.69) is 15.3 Å². The number of hydrogen-bond acceptors (Lipinski definition) is 6. The number of rotatable bonds is 3. The SMILES string of the molecule is N#CC(C#N)=C(C#N)Nc1cccc(-c2ncccn2)c1. The van der Waals surface area contributed by atoms with Crippen LogP contribution in [0, 0.1) is 34.0 Å². The van der Waals surface area contributed by atoms with Crippen LogP contribution in [-0.2, 0) is 0 Å². The number of anilines is 1. The van der Waals surface area contributed by atoms with Crippen molar-refractivity contribution in [1.82, 2.24) is 9.97 Å². The molecule has 98 valence electrons. The summed E-state index contributed by atoms with van der Waals surface area (Å²) >= 11 is 0. The first-order valence-corrected chi connectivity index (χ1v) is 5.87. The van der Waals surface area contributed by atoms with E-state index in [9.17, 15) is 0 Å². The molecule has 2 aromatic rings. The first-order valence-electron chi connectivity index (χ1n) is 5.87. The fraction of sp³-hybridized carbons (Fsp3) is 0. The van der Waals surface area contributed by atoms with Crippen molar-refractivity contribution in [2.75, 3.05) is 5.32 Å². The summed E-state index contributed by atoms with van der Waals surface area (Å²) in [6.45, 7) is 0. The second-order valence-electron chi connectivity index (χ2n) is 3.86. The van der Waals surface area contributed by atoms with Crippen LogP contribution in [-0.4, -0.2) is 9.97 Å². The van der Waals surface area contributed by atoms with Crippen molar-refractivity contribution < 1.29 is 0 Å². The standard InChI is InChI=1S/C15H8N6/c16-8-12(9-17)14(10-18)21-13-4-1-3-11(7-13)15-19-5-2-6-20-15/h1-7,21H. The normalized spacial score (nSPS) is 8.81. The van der Waals surface area contributed by atoms with E-state index in [0.717, 1.165) is 5.56 Å². The Hall–Kier alpha value is -3.69. The third-order valence-electron chi connectivity index (χ3n) is 2.54. The summed E-state index contributed by atoms with van der Waals surface area (Å²) in [5.41, 5.74) is 0.970. The van der Waals surface area contributed by atoms with Gasteiger partial charge in [-0.25, -0.2) is 9.97 Å². The lowest BCUT2D eigenvalue weighted by atomic mass is 10.1. The van der Waals surface area contributed by atoms with E-state index in [1.807, 2.05) is 6.07 Å². The minimum atomic E-state index is -0.265. The van der Waals surface area contributed by atoms with Crippen LogP contribution in [0.3, 0.4) is 0 Å². The number of nitrogens with zero attached hydrogens (tertiary/aromatic N) is 5. The third kappa shape index (κ3) is 3.20. The van der Waals surface area contributed by atoms with Gasteiger partial charge in [0.15, 0.2) is 11.4 Å². The molecule has 1 aromatic carbocycles. The Morgan fingerprint density at radius 1 is 0.952 bits per heavy atom.